The van der Waals surface area contributed by atoms with Gasteiger partial charge in [0.1, 0.15) is 11.6 Å². The van der Waals surface area contributed by atoms with Crippen LogP contribution in [-0.4, -0.2) is 11.6 Å². The first kappa shape index (κ1) is 14.9. The van der Waals surface area contributed by atoms with E-state index in [0.29, 0.717) is 37.2 Å². The molecular formula is C16H24O2. The highest BCUT2D eigenvalue weighted by molar-refractivity contribution is 5.81. The van der Waals surface area contributed by atoms with E-state index in [2.05, 4.69) is 24.3 Å². The average molecular weight is 248 g/mol. The molecule has 0 fully saturated rings. The Kier molecular flexibility index (Phi) is 8.11. The number of carbonyl (C=O) groups is 2. The van der Waals surface area contributed by atoms with Crippen molar-refractivity contribution in [2.75, 3.05) is 0 Å². The van der Waals surface area contributed by atoms with E-state index in [0.717, 1.165) is 38.5 Å². The number of rotatable bonds is 0. The summed E-state index contributed by atoms with van der Waals surface area (Å²) in [5.41, 5.74) is 0. The van der Waals surface area contributed by atoms with E-state index < -0.39 is 0 Å². The SMILES string of the molecule is O=C1CCC/C=C\C/C=C\CCCC(=O)CCC1. The van der Waals surface area contributed by atoms with E-state index in [9.17, 15) is 9.59 Å². The highest BCUT2D eigenvalue weighted by Gasteiger charge is 2.05. The van der Waals surface area contributed by atoms with Crippen LogP contribution in [0.25, 0.3) is 0 Å². The summed E-state index contributed by atoms with van der Waals surface area (Å²) in [6, 6.07) is 0. The summed E-state index contributed by atoms with van der Waals surface area (Å²) in [5.74, 6) is 0.617. The smallest absolute Gasteiger partial charge is 0.132 e. The van der Waals surface area contributed by atoms with Gasteiger partial charge in [0, 0.05) is 25.7 Å². The zero-order valence-corrected chi connectivity index (χ0v) is 11.2. The van der Waals surface area contributed by atoms with Gasteiger partial charge in [0.05, 0.1) is 0 Å². The lowest BCUT2D eigenvalue weighted by Crippen LogP contribution is -2.02. The molecule has 0 unspecified atom stereocenters. The number of hydrogen-bond donors (Lipinski definition) is 0. The maximum absolute atomic E-state index is 11.5. The van der Waals surface area contributed by atoms with Gasteiger partial charge in [0.2, 0.25) is 0 Å². The van der Waals surface area contributed by atoms with Crippen LogP contribution in [0.2, 0.25) is 0 Å². The molecule has 0 aliphatic heterocycles. The van der Waals surface area contributed by atoms with Crippen molar-refractivity contribution in [2.45, 2.75) is 64.2 Å². The van der Waals surface area contributed by atoms with Crippen LogP contribution < -0.4 is 0 Å². The Morgan fingerprint density at radius 1 is 0.611 bits per heavy atom. The molecule has 0 spiro atoms. The van der Waals surface area contributed by atoms with Crippen molar-refractivity contribution in [2.24, 2.45) is 0 Å². The molecule has 2 nitrogen and oxygen atoms in total. The summed E-state index contributed by atoms with van der Waals surface area (Å²) in [7, 11) is 0. The minimum absolute atomic E-state index is 0.309. The zero-order valence-electron chi connectivity index (χ0n) is 11.2. The topological polar surface area (TPSA) is 34.1 Å². The molecule has 0 aromatic carbocycles. The number of allylic oxidation sites excluding steroid dienone is 4. The van der Waals surface area contributed by atoms with Crippen molar-refractivity contribution in [1.82, 2.24) is 0 Å². The first-order chi connectivity index (χ1) is 8.79. The zero-order chi connectivity index (χ0) is 13.1. The van der Waals surface area contributed by atoms with Crippen molar-refractivity contribution in [3.05, 3.63) is 24.3 Å². The minimum atomic E-state index is 0.309. The summed E-state index contributed by atoms with van der Waals surface area (Å²) < 4.78 is 0. The van der Waals surface area contributed by atoms with E-state index >= 15 is 0 Å². The number of hydrogen-bond acceptors (Lipinski definition) is 2. The monoisotopic (exact) mass is 248 g/mol. The molecule has 0 saturated carbocycles. The van der Waals surface area contributed by atoms with Crippen molar-refractivity contribution >= 4 is 11.6 Å². The Hall–Kier alpha value is -1.18. The second kappa shape index (κ2) is 9.81. The van der Waals surface area contributed by atoms with Crippen LogP contribution in [0, 0.1) is 0 Å². The van der Waals surface area contributed by atoms with Crippen LogP contribution in [0.3, 0.4) is 0 Å². The highest BCUT2D eigenvalue weighted by atomic mass is 16.1. The number of Topliss-reactive ketones (excluding diaryl/α,β-unsaturated/α-hetero) is 2. The Balaban J connectivity index is 2.36. The lowest BCUT2D eigenvalue weighted by molar-refractivity contribution is -0.120. The van der Waals surface area contributed by atoms with Gasteiger partial charge in [-0.15, -0.1) is 0 Å². The molecule has 18 heavy (non-hydrogen) atoms. The van der Waals surface area contributed by atoms with Crippen molar-refractivity contribution in [1.29, 1.82) is 0 Å². The van der Waals surface area contributed by atoms with Crippen molar-refractivity contribution < 1.29 is 9.59 Å². The van der Waals surface area contributed by atoms with Gasteiger partial charge >= 0.3 is 0 Å². The molecule has 0 saturated heterocycles. The predicted molar refractivity (Wildman–Crippen MR) is 74.5 cm³/mol. The van der Waals surface area contributed by atoms with Crippen LogP contribution in [-0.2, 0) is 9.59 Å². The number of ketones is 2. The van der Waals surface area contributed by atoms with Crippen LogP contribution >= 0.6 is 0 Å². The first-order valence-corrected chi connectivity index (χ1v) is 7.12. The molecule has 1 aliphatic carbocycles. The Morgan fingerprint density at radius 3 is 1.56 bits per heavy atom. The molecule has 0 heterocycles. The van der Waals surface area contributed by atoms with Gasteiger partial charge in [-0.1, -0.05) is 24.3 Å². The molecule has 0 N–H and O–H groups in total. The molecule has 0 aromatic rings. The summed E-state index contributed by atoms with van der Waals surface area (Å²) in [4.78, 5) is 23.1. The van der Waals surface area contributed by atoms with Crippen molar-refractivity contribution in [3.63, 3.8) is 0 Å². The standard InChI is InChI=1S/C16H24O2/c17-15-11-8-6-4-2-1-3-5-7-9-12-16(18)14-10-13-15/h2-5H,1,6-14H2/b4-2-,5-3-. The summed E-state index contributed by atoms with van der Waals surface area (Å²) in [6.07, 6.45) is 16.6. The minimum Gasteiger partial charge on any atom is -0.300 e. The Labute approximate surface area is 110 Å². The first-order valence-electron chi connectivity index (χ1n) is 7.12. The third-order valence-electron chi connectivity index (χ3n) is 3.17. The molecule has 0 aromatic heterocycles. The molecule has 1 aliphatic rings. The summed E-state index contributed by atoms with van der Waals surface area (Å²) >= 11 is 0. The molecule has 1 rings (SSSR count). The van der Waals surface area contributed by atoms with Crippen LogP contribution in [0.1, 0.15) is 64.2 Å². The molecular weight excluding hydrogens is 224 g/mol. The molecule has 2 heteroatoms. The van der Waals surface area contributed by atoms with Gasteiger partial charge in [-0.05, 0) is 38.5 Å². The Morgan fingerprint density at radius 2 is 1.06 bits per heavy atom. The van der Waals surface area contributed by atoms with E-state index in [1.54, 1.807) is 0 Å². The van der Waals surface area contributed by atoms with E-state index in [4.69, 9.17) is 0 Å². The quantitative estimate of drug-likeness (QED) is 0.603. The maximum atomic E-state index is 11.5. The van der Waals surface area contributed by atoms with Crippen LogP contribution in [0.4, 0.5) is 0 Å². The number of carbonyl (C=O) groups excluding carboxylic acids is 2. The van der Waals surface area contributed by atoms with E-state index in [1.165, 1.54) is 0 Å². The van der Waals surface area contributed by atoms with E-state index in [-0.39, 0.29) is 0 Å². The lowest BCUT2D eigenvalue weighted by Gasteiger charge is -2.01. The highest BCUT2D eigenvalue weighted by Crippen LogP contribution is 2.08. The molecule has 0 atom stereocenters. The van der Waals surface area contributed by atoms with Gasteiger partial charge in [-0.25, -0.2) is 0 Å². The van der Waals surface area contributed by atoms with E-state index in [1.807, 2.05) is 0 Å². The fourth-order valence-corrected chi connectivity index (χ4v) is 2.07. The fourth-order valence-electron chi connectivity index (χ4n) is 2.07. The van der Waals surface area contributed by atoms with Crippen LogP contribution in [0.5, 0.6) is 0 Å². The molecule has 0 bridgehead atoms. The maximum Gasteiger partial charge on any atom is 0.132 e. The van der Waals surface area contributed by atoms with Crippen LogP contribution in [0.15, 0.2) is 24.3 Å². The third-order valence-corrected chi connectivity index (χ3v) is 3.17. The van der Waals surface area contributed by atoms with Gasteiger partial charge in [0.15, 0.2) is 0 Å². The Bertz CT molecular complexity index is 283. The third kappa shape index (κ3) is 7.99. The average Bonchev–Trinajstić information content (AvgIpc) is 2.34. The fraction of sp³-hybridized carbons (Fsp3) is 0.625. The normalized spacial score (nSPS) is 24.7. The molecule has 0 amide bonds. The van der Waals surface area contributed by atoms with Gasteiger partial charge < -0.3 is 0 Å². The van der Waals surface area contributed by atoms with Crippen molar-refractivity contribution in [3.8, 4) is 0 Å². The largest absolute Gasteiger partial charge is 0.300 e. The van der Waals surface area contributed by atoms with Gasteiger partial charge in [-0.3, -0.25) is 9.59 Å². The second-order valence-electron chi connectivity index (χ2n) is 4.89. The summed E-state index contributed by atoms with van der Waals surface area (Å²) in [5, 5.41) is 0. The van der Waals surface area contributed by atoms with Gasteiger partial charge in [0.25, 0.3) is 0 Å². The molecule has 0 radical (unpaired) electrons. The molecule has 100 valence electrons. The lowest BCUT2D eigenvalue weighted by atomic mass is 10.0. The second-order valence-corrected chi connectivity index (χ2v) is 4.89. The summed E-state index contributed by atoms with van der Waals surface area (Å²) in [6.45, 7) is 0. The predicted octanol–water partition coefficient (Wildman–Crippen LogP) is 4.15. The van der Waals surface area contributed by atoms with Gasteiger partial charge in [-0.2, -0.15) is 0 Å².